The van der Waals surface area contributed by atoms with Crippen molar-refractivity contribution in [1.82, 2.24) is 24.1 Å². The predicted octanol–water partition coefficient (Wildman–Crippen LogP) is 3.01. The van der Waals surface area contributed by atoms with Gasteiger partial charge in [-0.2, -0.15) is 0 Å². The molecular formula is C23H20ClN7O2. The van der Waals surface area contributed by atoms with Crippen LogP contribution in [0.5, 0.6) is 0 Å². The second kappa shape index (κ2) is 9.09. The molecular weight excluding hydrogens is 442 g/mol. The molecule has 0 atom stereocenters. The Morgan fingerprint density at radius 3 is 2.55 bits per heavy atom. The molecule has 0 spiro atoms. The first kappa shape index (κ1) is 22.0. The van der Waals surface area contributed by atoms with Gasteiger partial charge >= 0.3 is 0 Å². The molecule has 4 N–H and O–H groups in total. The minimum atomic E-state index is -0.585. The number of rotatable bonds is 3. The molecule has 0 aliphatic carbocycles. The second-order valence-corrected chi connectivity index (χ2v) is 7.43. The lowest BCUT2D eigenvalue weighted by Gasteiger charge is -2.12. The van der Waals surface area contributed by atoms with Crippen LogP contribution in [0.1, 0.15) is 23.1 Å². The zero-order valence-electron chi connectivity index (χ0n) is 17.6. The van der Waals surface area contributed by atoms with E-state index in [0.717, 1.165) is 11.5 Å². The van der Waals surface area contributed by atoms with Crippen molar-refractivity contribution >= 4 is 39.7 Å². The summed E-state index contributed by atoms with van der Waals surface area (Å²) in [5.74, 6) is 0.273. The third-order valence-corrected chi connectivity index (χ3v) is 5.28. The van der Waals surface area contributed by atoms with Crippen LogP contribution in [0.15, 0.2) is 71.9 Å². The molecule has 3 heterocycles. The summed E-state index contributed by atoms with van der Waals surface area (Å²) >= 11 is 6.16. The van der Waals surface area contributed by atoms with Gasteiger partial charge in [-0.25, -0.2) is 14.5 Å². The third kappa shape index (κ3) is 4.13. The highest BCUT2D eigenvalue weighted by atomic mass is 35.5. The number of halogens is 1. The summed E-state index contributed by atoms with van der Waals surface area (Å²) in [6.45, 7) is 1.98. The molecule has 0 saturated heterocycles. The van der Waals surface area contributed by atoms with Crippen molar-refractivity contribution in [3.05, 3.63) is 93.9 Å². The monoisotopic (exact) mass is 461 g/mol. The van der Waals surface area contributed by atoms with E-state index >= 15 is 0 Å². The van der Waals surface area contributed by atoms with Crippen LogP contribution in [-0.2, 0) is 6.42 Å². The third-order valence-electron chi connectivity index (χ3n) is 4.96. The molecule has 9 nitrogen and oxygen atoms in total. The first-order valence-corrected chi connectivity index (χ1v) is 10.4. The number of fused-ring (bicyclic) bond motifs is 2. The smallest absolute Gasteiger partial charge is 0.267 e. The van der Waals surface area contributed by atoms with Crippen LogP contribution in [0.4, 0.5) is 5.82 Å². The van der Waals surface area contributed by atoms with Crippen molar-refractivity contribution in [3.8, 4) is 5.69 Å². The molecule has 5 rings (SSSR count). The van der Waals surface area contributed by atoms with Crippen molar-refractivity contribution < 1.29 is 4.79 Å². The number of para-hydroxylation sites is 1. The predicted molar refractivity (Wildman–Crippen MR) is 128 cm³/mol. The van der Waals surface area contributed by atoms with Crippen molar-refractivity contribution in [2.75, 3.05) is 5.73 Å². The van der Waals surface area contributed by atoms with E-state index in [2.05, 4.69) is 15.1 Å². The summed E-state index contributed by atoms with van der Waals surface area (Å²) in [4.78, 5) is 32.1. The molecule has 0 bridgehead atoms. The van der Waals surface area contributed by atoms with Gasteiger partial charge in [0.05, 0.1) is 27.1 Å². The Hall–Kier alpha value is -4.24. The molecule has 0 aliphatic rings. The number of benzene rings is 2. The first-order chi connectivity index (χ1) is 15.9. The van der Waals surface area contributed by atoms with E-state index in [-0.39, 0.29) is 16.9 Å². The number of carbonyl (C=O) groups excluding carboxylic acids is 1. The van der Waals surface area contributed by atoms with Gasteiger partial charge in [-0.05, 0) is 30.3 Å². The fourth-order valence-corrected chi connectivity index (χ4v) is 3.75. The molecule has 3 aromatic heterocycles. The number of aromatic nitrogens is 5. The summed E-state index contributed by atoms with van der Waals surface area (Å²) in [5, 5.41) is 4.77. The van der Waals surface area contributed by atoms with Gasteiger partial charge in [-0.1, -0.05) is 42.8 Å². The van der Waals surface area contributed by atoms with Gasteiger partial charge in [0.1, 0.15) is 17.7 Å². The molecule has 0 saturated carbocycles. The minimum absolute atomic E-state index is 0.122. The maximum absolute atomic E-state index is 12.8. The van der Waals surface area contributed by atoms with Crippen LogP contribution in [-0.4, -0.2) is 30.1 Å². The lowest BCUT2D eigenvalue weighted by molar-refractivity contribution is 0.100. The number of nitrogens with two attached hydrogens (primary N) is 2. The van der Waals surface area contributed by atoms with Crippen LogP contribution >= 0.6 is 11.6 Å². The van der Waals surface area contributed by atoms with E-state index in [1.54, 1.807) is 22.9 Å². The summed E-state index contributed by atoms with van der Waals surface area (Å²) < 4.78 is 3.05. The second-order valence-electron chi connectivity index (χ2n) is 7.03. The van der Waals surface area contributed by atoms with Crippen LogP contribution in [0.2, 0.25) is 5.02 Å². The van der Waals surface area contributed by atoms with Crippen LogP contribution in [0.3, 0.4) is 0 Å². The number of nitrogen functional groups attached to an aromatic ring is 1. The van der Waals surface area contributed by atoms with Crippen molar-refractivity contribution in [1.29, 1.82) is 0 Å². The number of amides is 1. The Balaban J connectivity index is 0.000000172. The SMILES string of the molecule is CCc1nc2cccc(Cl)c2c(=O)n1-c1ccccc1.NC(=O)c1c(N)nn2cnccc12. The quantitative estimate of drug-likeness (QED) is 0.424. The van der Waals surface area contributed by atoms with Crippen LogP contribution < -0.4 is 17.0 Å². The topological polar surface area (TPSA) is 134 Å². The number of anilines is 1. The first-order valence-electron chi connectivity index (χ1n) is 10.1. The lowest BCUT2D eigenvalue weighted by atomic mass is 10.2. The molecule has 0 unspecified atom stereocenters. The van der Waals surface area contributed by atoms with Gasteiger partial charge in [0.25, 0.3) is 11.5 Å². The number of primary amides is 1. The fraction of sp³-hybridized carbons (Fsp3) is 0.0870. The Labute approximate surface area is 193 Å². The number of nitrogens with zero attached hydrogens (tertiary/aromatic N) is 5. The maximum atomic E-state index is 12.8. The molecule has 0 aliphatic heterocycles. The van der Waals surface area contributed by atoms with Gasteiger partial charge < -0.3 is 11.5 Å². The number of aryl methyl sites for hydroxylation is 1. The maximum Gasteiger partial charge on any atom is 0.267 e. The summed E-state index contributed by atoms with van der Waals surface area (Å²) in [5.41, 5.74) is 12.8. The van der Waals surface area contributed by atoms with Crippen molar-refractivity contribution in [2.24, 2.45) is 5.73 Å². The van der Waals surface area contributed by atoms with Gasteiger partial charge in [-0.15, -0.1) is 5.10 Å². The van der Waals surface area contributed by atoms with E-state index in [1.807, 2.05) is 49.4 Å². The molecule has 5 aromatic rings. The van der Waals surface area contributed by atoms with E-state index in [9.17, 15) is 9.59 Å². The lowest BCUT2D eigenvalue weighted by Crippen LogP contribution is -2.23. The highest BCUT2D eigenvalue weighted by molar-refractivity contribution is 6.35. The number of hydrogen-bond donors (Lipinski definition) is 2. The molecule has 0 radical (unpaired) electrons. The van der Waals surface area contributed by atoms with Crippen molar-refractivity contribution in [2.45, 2.75) is 13.3 Å². The molecule has 33 heavy (non-hydrogen) atoms. The highest BCUT2D eigenvalue weighted by Gasteiger charge is 2.14. The van der Waals surface area contributed by atoms with Gasteiger partial charge in [0.15, 0.2) is 5.82 Å². The van der Waals surface area contributed by atoms with Crippen molar-refractivity contribution in [3.63, 3.8) is 0 Å². The van der Waals surface area contributed by atoms with E-state index < -0.39 is 5.91 Å². The number of hydrogen-bond acceptors (Lipinski definition) is 6. The molecule has 166 valence electrons. The average Bonchev–Trinajstić information content (AvgIpc) is 3.15. The summed E-state index contributed by atoms with van der Waals surface area (Å²) in [6, 6.07) is 16.5. The zero-order valence-corrected chi connectivity index (χ0v) is 18.4. The molecule has 10 heteroatoms. The Morgan fingerprint density at radius 2 is 1.85 bits per heavy atom. The van der Waals surface area contributed by atoms with Gasteiger partial charge in [0, 0.05) is 12.6 Å². The van der Waals surface area contributed by atoms with Gasteiger partial charge in [-0.3, -0.25) is 14.2 Å². The Bertz CT molecular complexity index is 1530. The largest absolute Gasteiger partial charge is 0.382 e. The Kier molecular flexibility index (Phi) is 6.05. The molecule has 0 fully saturated rings. The van der Waals surface area contributed by atoms with E-state index in [0.29, 0.717) is 27.9 Å². The van der Waals surface area contributed by atoms with E-state index in [4.69, 9.17) is 23.1 Å². The summed E-state index contributed by atoms with van der Waals surface area (Å²) in [6.07, 6.45) is 3.67. The number of carbonyl (C=O) groups is 1. The normalized spacial score (nSPS) is 10.7. The molecule has 2 aromatic carbocycles. The highest BCUT2D eigenvalue weighted by Crippen LogP contribution is 2.20. The zero-order chi connectivity index (χ0) is 23.5. The summed E-state index contributed by atoms with van der Waals surface area (Å²) in [7, 11) is 0. The standard InChI is InChI=1S/C16H13ClN2O.C7H7N5O/c1-2-14-18-13-10-6-9-12(17)15(13)16(20)19(14)11-7-4-3-5-8-11;8-6-5(7(9)13)4-1-2-10-3-12(4)11-6/h3-10H,2H2,1H3;1-3H,(H2,8,11)(H2,9,13). The fourth-order valence-electron chi connectivity index (χ4n) is 3.50. The van der Waals surface area contributed by atoms with Gasteiger partial charge in [0.2, 0.25) is 0 Å². The Morgan fingerprint density at radius 1 is 1.09 bits per heavy atom. The minimum Gasteiger partial charge on any atom is -0.382 e. The van der Waals surface area contributed by atoms with Crippen LogP contribution in [0.25, 0.3) is 22.1 Å². The molecule has 1 amide bonds. The van der Waals surface area contributed by atoms with E-state index in [1.165, 1.54) is 10.8 Å². The average molecular weight is 462 g/mol. The van der Waals surface area contributed by atoms with Crippen LogP contribution in [0, 0.1) is 0 Å².